The molecular formula is C39H37F3N8O7S. The Morgan fingerprint density at radius 1 is 0.931 bits per heavy atom. The number of aromatic nitrogens is 4. The Morgan fingerprint density at radius 2 is 1.67 bits per heavy atom. The van der Waals surface area contributed by atoms with Crippen molar-refractivity contribution in [2.24, 2.45) is 0 Å². The Hall–Kier alpha value is -6.11. The second-order valence-corrected chi connectivity index (χ2v) is 16.6. The molecule has 0 bridgehead atoms. The fourth-order valence-electron chi connectivity index (χ4n) is 7.82. The number of carbonyl (C=O) groups is 2. The van der Waals surface area contributed by atoms with Crippen molar-refractivity contribution in [3.8, 4) is 22.9 Å². The Labute approximate surface area is 329 Å². The molecule has 1 saturated carbocycles. The topological polar surface area (TPSA) is 169 Å². The number of hydrogen-bond acceptors (Lipinski definition) is 10. The lowest BCUT2D eigenvalue weighted by Crippen LogP contribution is -2.51. The monoisotopic (exact) mass is 818 g/mol. The number of sulfonamides is 1. The minimum atomic E-state index is -4.51. The number of anilines is 3. The largest absolute Gasteiger partial charge is 0.454 e. The molecule has 15 nitrogen and oxygen atoms in total. The molecular weight excluding hydrogens is 782 g/mol. The van der Waals surface area contributed by atoms with Crippen LogP contribution in [0.4, 0.5) is 30.2 Å². The number of para-hydroxylation sites is 1. The van der Waals surface area contributed by atoms with E-state index in [1.54, 1.807) is 51.9 Å². The molecule has 0 atom stereocenters. The maximum atomic E-state index is 14.5. The minimum Gasteiger partial charge on any atom is -0.454 e. The van der Waals surface area contributed by atoms with Crippen LogP contribution >= 0.6 is 0 Å². The van der Waals surface area contributed by atoms with Gasteiger partial charge in [-0.25, -0.2) is 8.42 Å². The SMILES string of the molecule is CCc1c(N2CCN(C(=O)c3ccccc3NS(=O)(=O)C3CC3)CC2)c(=O)n2nc(-c3ccc4c(c3)OCO4)nc2n1CC(=O)Nc1ccc(C(F)(F)F)c2c1CC2. The summed E-state index contributed by atoms with van der Waals surface area (Å²) >= 11 is 0. The lowest BCUT2D eigenvalue weighted by Gasteiger charge is -2.37. The van der Waals surface area contributed by atoms with Gasteiger partial charge >= 0.3 is 6.18 Å². The summed E-state index contributed by atoms with van der Waals surface area (Å²) in [6, 6.07) is 13.8. The first-order valence-corrected chi connectivity index (χ1v) is 20.4. The van der Waals surface area contributed by atoms with Crippen LogP contribution in [0, 0.1) is 0 Å². The minimum absolute atomic E-state index is 0.0488. The molecule has 2 aromatic heterocycles. The zero-order valence-corrected chi connectivity index (χ0v) is 32.0. The van der Waals surface area contributed by atoms with Crippen molar-refractivity contribution in [3.63, 3.8) is 0 Å². The van der Waals surface area contributed by atoms with Gasteiger partial charge in [0.25, 0.3) is 11.5 Å². The highest BCUT2D eigenvalue weighted by Gasteiger charge is 2.38. The van der Waals surface area contributed by atoms with Crippen molar-refractivity contribution in [1.29, 1.82) is 0 Å². The van der Waals surface area contributed by atoms with Crippen molar-refractivity contribution in [1.82, 2.24) is 24.1 Å². The van der Waals surface area contributed by atoms with Gasteiger partial charge in [-0.15, -0.1) is 5.10 Å². The van der Waals surface area contributed by atoms with Crippen LogP contribution in [0.25, 0.3) is 17.2 Å². The van der Waals surface area contributed by atoms with Crippen LogP contribution in [0.5, 0.6) is 11.5 Å². The fourth-order valence-corrected chi connectivity index (χ4v) is 9.23. The first kappa shape index (κ1) is 37.5. The lowest BCUT2D eigenvalue weighted by atomic mass is 9.83. The zero-order chi connectivity index (χ0) is 40.5. The van der Waals surface area contributed by atoms with Crippen LogP contribution in [0.15, 0.2) is 59.4 Å². The summed E-state index contributed by atoms with van der Waals surface area (Å²) in [5, 5.41) is 6.91. The second kappa shape index (κ2) is 14.1. The van der Waals surface area contributed by atoms with Gasteiger partial charge in [0.1, 0.15) is 12.2 Å². The third-order valence-corrected chi connectivity index (χ3v) is 12.8. The number of hydrogen-bond donors (Lipinski definition) is 2. The van der Waals surface area contributed by atoms with Gasteiger partial charge in [0, 0.05) is 37.4 Å². The number of halogens is 3. The Balaban J connectivity index is 1.04. The molecule has 2 aliphatic carbocycles. The molecule has 9 rings (SSSR count). The van der Waals surface area contributed by atoms with Crippen LogP contribution in [0.3, 0.4) is 0 Å². The summed E-state index contributed by atoms with van der Waals surface area (Å²) in [5.74, 6) is 0.368. The molecule has 1 saturated heterocycles. The summed E-state index contributed by atoms with van der Waals surface area (Å²) < 4.78 is 82.6. The number of carbonyl (C=O) groups excluding carboxylic acids is 2. The van der Waals surface area contributed by atoms with E-state index in [4.69, 9.17) is 14.5 Å². The summed E-state index contributed by atoms with van der Waals surface area (Å²) in [6.07, 6.45) is -2.44. The van der Waals surface area contributed by atoms with E-state index in [1.165, 1.54) is 6.07 Å². The molecule has 302 valence electrons. The summed E-state index contributed by atoms with van der Waals surface area (Å²) in [7, 11) is -3.62. The number of benzene rings is 3. The Morgan fingerprint density at radius 3 is 2.38 bits per heavy atom. The van der Waals surface area contributed by atoms with Crippen molar-refractivity contribution in [2.45, 2.75) is 57.0 Å². The normalized spacial score (nSPS) is 16.3. The highest BCUT2D eigenvalue weighted by Crippen LogP contribution is 2.41. The number of fused-ring (bicyclic) bond motifs is 3. The molecule has 19 heteroatoms. The third kappa shape index (κ3) is 6.65. The number of alkyl halides is 3. The van der Waals surface area contributed by atoms with Gasteiger partial charge in [-0.05, 0) is 85.7 Å². The van der Waals surface area contributed by atoms with Gasteiger partial charge in [-0.1, -0.05) is 19.1 Å². The summed E-state index contributed by atoms with van der Waals surface area (Å²) in [4.78, 5) is 50.3. The number of nitrogens with zero attached hydrogens (tertiary/aromatic N) is 6. The maximum absolute atomic E-state index is 14.5. The van der Waals surface area contributed by atoms with Crippen LogP contribution in [0.2, 0.25) is 0 Å². The first-order valence-electron chi connectivity index (χ1n) is 18.9. The molecule has 2 fully saturated rings. The van der Waals surface area contributed by atoms with Gasteiger partial charge in [0.2, 0.25) is 28.5 Å². The maximum Gasteiger partial charge on any atom is 0.416 e. The van der Waals surface area contributed by atoms with Gasteiger partial charge in [0.15, 0.2) is 17.3 Å². The average molecular weight is 819 g/mol. The molecule has 2 N–H and O–H groups in total. The Bertz CT molecular complexity index is 2690. The van der Waals surface area contributed by atoms with Gasteiger partial charge in [0.05, 0.1) is 27.8 Å². The Kier molecular flexibility index (Phi) is 9.09. The van der Waals surface area contributed by atoms with E-state index in [0.717, 1.165) is 10.6 Å². The zero-order valence-electron chi connectivity index (χ0n) is 31.1. The molecule has 4 heterocycles. The van der Waals surface area contributed by atoms with E-state index in [-0.39, 0.29) is 92.4 Å². The fraction of sp³-hybridized carbons (Fsp3) is 0.359. The van der Waals surface area contributed by atoms with Gasteiger partial charge in [-0.3, -0.25) is 19.1 Å². The van der Waals surface area contributed by atoms with Crippen LogP contribution in [-0.4, -0.2) is 82.5 Å². The molecule has 3 aromatic carbocycles. The van der Waals surface area contributed by atoms with E-state index in [2.05, 4.69) is 15.1 Å². The molecule has 5 aromatic rings. The number of piperazine rings is 1. The molecule has 2 aliphatic heterocycles. The van der Waals surface area contributed by atoms with Crippen molar-refractivity contribution < 1.29 is 40.7 Å². The number of rotatable bonds is 10. The summed E-state index contributed by atoms with van der Waals surface area (Å²) in [5.41, 5.74) is 1.36. The van der Waals surface area contributed by atoms with Crippen LogP contribution in [0.1, 0.15) is 52.5 Å². The van der Waals surface area contributed by atoms with Crippen LogP contribution in [-0.2, 0) is 46.8 Å². The van der Waals surface area contributed by atoms with E-state index >= 15 is 0 Å². The molecule has 0 unspecified atom stereocenters. The quantitative estimate of drug-likeness (QED) is 0.205. The highest BCUT2D eigenvalue weighted by atomic mass is 32.2. The smallest absolute Gasteiger partial charge is 0.416 e. The molecule has 0 spiro atoms. The number of nitrogens with one attached hydrogen (secondary N) is 2. The predicted octanol–water partition coefficient (Wildman–Crippen LogP) is 4.47. The average Bonchev–Trinajstić information content (AvgIpc) is 3.79. The molecule has 0 radical (unpaired) electrons. The molecule has 4 aliphatic rings. The van der Waals surface area contributed by atoms with Crippen molar-refractivity contribution in [2.75, 3.05) is 47.9 Å². The molecule has 2 amide bonds. The second-order valence-electron chi connectivity index (χ2n) is 14.6. The van der Waals surface area contributed by atoms with Gasteiger partial charge in [-0.2, -0.15) is 22.7 Å². The van der Waals surface area contributed by atoms with Crippen LogP contribution < -0.4 is 30.0 Å². The van der Waals surface area contributed by atoms with Crippen molar-refractivity contribution >= 4 is 44.7 Å². The lowest BCUT2D eigenvalue weighted by molar-refractivity contribution is -0.138. The highest BCUT2D eigenvalue weighted by molar-refractivity contribution is 7.93. The summed E-state index contributed by atoms with van der Waals surface area (Å²) in [6.45, 7) is 2.38. The number of ether oxygens (including phenoxy) is 2. The van der Waals surface area contributed by atoms with Gasteiger partial charge < -0.3 is 29.2 Å². The molecule has 58 heavy (non-hydrogen) atoms. The standard InChI is InChI=1S/C39H37F3N8O7S/c1-2-30-34(47-15-17-48(18-16-47)36(52)26-5-3-4-6-29(26)46-58(54,55)23-8-9-23)37(53)50-38(44-35(45-50)22-7-14-31-32(19-22)57-21-56-31)49(30)20-33(51)43-28-13-12-27(39(40,41)42)24-10-11-25(24)28/h3-7,12-14,19,23,46H,2,8-11,15-18,20-21H2,1H3,(H,43,51). The van der Waals surface area contributed by atoms with E-state index in [9.17, 15) is 36.0 Å². The van der Waals surface area contributed by atoms with E-state index in [1.807, 2.05) is 11.8 Å². The first-order chi connectivity index (χ1) is 27.8. The van der Waals surface area contributed by atoms with E-state index < -0.39 is 38.5 Å². The third-order valence-electron chi connectivity index (χ3n) is 11.0. The number of amides is 2. The predicted molar refractivity (Wildman–Crippen MR) is 206 cm³/mol. The van der Waals surface area contributed by atoms with Crippen molar-refractivity contribution in [3.05, 3.63) is 92.9 Å². The van der Waals surface area contributed by atoms with E-state index in [0.29, 0.717) is 53.3 Å².